The number of nitrogens with two attached hydrogens (primary N) is 2. The molecule has 4 N–H and O–H groups in total. The van der Waals surface area contributed by atoms with E-state index in [4.69, 9.17) is 11.5 Å². The zero-order chi connectivity index (χ0) is 13.5. The Bertz CT molecular complexity index is 406. The fourth-order valence-electron chi connectivity index (χ4n) is 1.37. The van der Waals surface area contributed by atoms with Crippen LogP contribution >= 0.6 is 0 Å². The lowest BCUT2D eigenvalue weighted by molar-refractivity contribution is -0.161. The predicted octanol–water partition coefficient (Wildman–Crippen LogP) is 0.363. The first-order valence-electron chi connectivity index (χ1n) is 5.85. The van der Waals surface area contributed by atoms with Crippen molar-refractivity contribution < 1.29 is 14.3 Å². The molecule has 0 bridgehead atoms. The van der Waals surface area contributed by atoms with Crippen molar-refractivity contribution in [1.29, 1.82) is 0 Å². The number of carbonyl (C=O) groups excluding carboxylic acids is 2. The second kappa shape index (κ2) is 6.88. The number of ether oxygens (including phenoxy) is 1. The summed E-state index contributed by atoms with van der Waals surface area (Å²) in [7, 11) is 0. The van der Waals surface area contributed by atoms with E-state index < -0.39 is 24.0 Å². The van der Waals surface area contributed by atoms with E-state index in [1.807, 2.05) is 30.3 Å². The van der Waals surface area contributed by atoms with E-state index in [1.54, 1.807) is 6.92 Å². The second-order valence-corrected chi connectivity index (χ2v) is 4.05. The van der Waals surface area contributed by atoms with Gasteiger partial charge < -0.3 is 16.2 Å². The molecule has 1 rings (SSSR count). The van der Waals surface area contributed by atoms with Gasteiger partial charge in [0.2, 0.25) is 0 Å². The predicted molar refractivity (Wildman–Crippen MR) is 67.5 cm³/mol. The summed E-state index contributed by atoms with van der Waals surface area (Å²) < 4.78 is 4.61. The molecule has 0 unspecified atom stereocenters. The number of benzene rings is 1. The normalized spacial score (nSPS) is 13.7. The molecule has 0 saturated carbocycles. The molecule has 98 valence electrons. The van der Waals surface area contributed by atoms with Crippen molar-refractivity contribution >= 4 is 11.9 Å². The van der Waals surface area contributed by atoms with Crippen molar-refractivity contribution in [3.8, 4) is 0 Å². The second-order valence-electron chi connectivity index (χ2n) is 4.05. The van der Waals surface area contributed by atoms with Gasteiger partial charge in [-0.15, -0.1) is 0 Å². The van der Waals surface area contributed by atoms with Gasteiger partial charge in [0, 0.05) is 0 Å². The van der Waals surface area contributed by atoms with Gasteiger partial charge in [0.15, 0.2) is 0 Å². The summed E-state index contributed by atoms with van der Waals surface area (Å²) in [4.78, 5) is 22.9. The molecule has 0 aromatic heterocycles. The lowest BCUT2D eigenvalue weighted by Gasteiger charge is -2.12. The van der Waals surface area contributed by atoms with E-state index in [1.165, 1.54) is 0 Å². The van der Waals surface area contributed by atoms with Crippen molar-refractivity contribution in [3.05, 3.63) is 35.9 Å². The largest absolute Gasteiger partial charge is 0.391 e. The summed E-state index contributed by atoms with van der Waals surface area (Å²) in [6.45, 7) is 1.74. The molecular formula is C13H18N2O3. The fraction of sp³-hybridized carbons (Fsp3) is 0.385. The lowest BCUT2D eigenvalue weighted by atomic mass is 10.1. The number of hydrogen-bond donors (Lipinski definition) is 2. The monoisotopic (exact) mass is 250 g/mol. The van der Waals surface area contributed by atoms with Crippen molar-refractivity contribution in [1.82, 2.24) is 0 Å². The minimum atomic E-state index is -0.861. The van der Waals surface area contributed by atoms with Crippen LogP contribution in [0.5, 0.6) is 0 Å². The third kappa shape index (κ3) is 4.27. The first-order valence-corrected chi connectivity index (χ1v) is 5.85. The molecule has 0 aliphatic heterocycles. The van der Waals surface area contributed by atoms with Crippen molar-refractivity contribution in [2.45, 2.75) is 31.8 Å². The Balaban J connectivity index is 2.50. The topological polar surface area (TPSA) is 95.4 Å². The van der Waals surface area contributed by atoms with E-state index >= 15 is 0 Å². The van der Waals surface area contributed by atoms with Gasteiger partial charge in [0.05, 0.1) is 0 Å². The summed E-state index contributed by atoms with van der Waals surface area (Å²) in [5, 5.41) is 0. The molecule has 5 heteroatoms. The van der Waals surface area contributed by atoms with Crippen LogP contribution < -0.4 is 11.5 Å². The maximum atomic E-state index is 11.6. The first kappa shape index (κ1) is 14.3. The van der Waals surface area contributed by atoms with Crippen LogP contribution in [0.1, 0.15) is 18.9 Å². The molecule has 1 aromatic rings. The van der Waals surface area contributed by atoms with Gasteiger partial charge in [-0.2, -0.15) is 0 Å². The highest BCUT2D eigenvalue weighted by atomic mass is 16.6. The highest BCUT2D eigenvalue weighted by molar-refractivity contribution is 5.90. The quantitative estimate of drug-likeness (QED) is 0.581. The standard InChI is InChI=1S/C13H18N2O3/c1-2-10(14)12(16)18-13(17)11(15)8-9-6-4-3-5-7-9/h3-7,10-11H,2,8,14-15H2,1H3/t10-,11-/m0/s1. The van der Waals surface area contributed by atoms with Crippen LogP contribution in [-0.2, 0) is 20.7 Å². The van der Waals surface area contributed by atoms with Crippen LogP contribution in [-0.4, -0.2) is 24.0 Å². The summed E-state index contributed by atoms with van der Waals surface area (Å²) in [5.41, 5.74) is 12.0. The number of esters is 2. The van der Waals surface area contributed by atoms with Crippen LogP contribution in [0.3, 0.4) is 0 Å². The van der Waals surface area contributed by atoms with Gasteiger partial charge >= 0.3 is 11.9 Å². The summed E-state index contributed by atoms with van der Waals surface area (Å²) in [6.07, 6.45) is 0.744. The minimum absolute atomic E-state index is 0.328. The SMILES string of the molecule is CC[C@H](N)C(=O)OC(=O)[C@@H](N)Cc1ccccc1. The van der Waals surface area contributed by atoms with Gasteiger partial charge in [0.25, 0.3) is 0 Å². The minimum Gasteiger partial charge on any atom is -0.391 e. The Kier molecular flexibility index (Phi) is 5.48. The van der Waals surface area contributed by atoms with E-state index in [-0.39, 0.29) is 0 Å². The summed E-state index contributed by atoms with van der Waals surface area (Å²) >= 11 is 0. The maximum absolute atomic E-state index is 11.6. The Morgan fingerprint density at radius 3 is 2.22 bits per heavy atom. The molecule has 18 heavy (non-hydrogen) atoms. The molecular weight excluding hydrogens is 232 g/mol. The molecule has 0 radical (unpaired) electrons. The molecule has 5 nitrogen and oxygen atoms in total. The van der Waals surface area contributed by atoms with E-state index in [2.05, 4.69) is 4.74 Å². The van der Waals surface area contributed by atoms with Crippen molar-refractivity contribution in [2.75, 3.05) is 0 Å². The Labute approximate surface area is 106 Å². The highest BCUT2D eigenvalue weighted by Gasteiger charge is 2.22. The average molecular weight is 250 g/mol. The van der Waals surface area contributed by atoms with Gasteiger partial charge in [-0.3, -0.25) is 0 Å². The van der Waals surface area contributed by atoms with Crippen LogP contribution in [0.15, 0.2) is 30.3 Å². The number of rotatable bonds is 5. The third-order valence-electron chi connectivity index (χ3n) is 2.54. The first-order chi connectivity index (χ1) is 8.54. The molecule has 0 saturated heterocycles. The summed E-state index contributed by atoms with van der Waals surface area (Å²) in [5.74, 6) is -1.47. The smallest absolute Gasteiger partial charge is 0.330 e. The van der Waals surface area contributed by atoms with Gasteiger partial charge in [-0.25, -0.2) is 9.59 Å². The van der Waals surface area contributed by atoms with Crippen molar-refractivity contribution in [2.24, 2.45) is 11.5 Å². The lowest BCUT2D eigenvalue weighted by Crippen LogP contribution is -2.40. The van der Waals surface area contributed by atoms with Crippen molar-refractivity contribution in [3.63, 3.8) is 0 Å². The zero-order valence-electron chi connectivity index (χ0n) is 10.3. The van der Waals surface area contributed by atoms with Crippen LogP contribution in [0.2, 0.25) is 0 Å². The van der Waals surface area contributed by atoms with Gasteiger partial charge in [-0.1, -0.05) is 37.3 Å². The Morgan fingerprint density at radius 1 is 1.11 bits per heavy atom. The van der Waals surface area contributed by atoms with Crippen LogP contribution in [0.25, 0.3) is 0 Å². The van der Waals surface area contributed by atoms with Gasteiger partial charge in [-0.05, 0) is 18.4 Å². The van der Waals surface area contributed by atoms with E-state index in [0.717, 1.165) is 5.56 Å². The van der Waals surface area contributed by atoms with Gasteiger partial charge in [0.1, 0.15) is 12.1 Å². The molecule has 0 spiro atoms. The summed E-state index contributed by atoms with van der Waals surface area (Å²) in [6, 6.07) is 7.64. The molecule has 0 heterocycles. The molecule has 0 fully saturated rings. The van der Waals surface area contributed by atoms with Crippen LogP contribution in [0.4, 0.5) is 0 Å². The third-order valence-corrected chi connectivity index (χ3v) is 2.54. The zero-order valence-corrected chi connectivity index (χ0v) is 10.3. The van der Waals surface area contributed by atoms with E-state index in [0.29, 0.717) is 12.8 Å². The molecule has 2 atom stereocenters. The highest BCUT2D eigenvalue weighted by Crippen LogP contribution is 2.03. The molecule has 0 aliphatic rings. The maximum Gasteiger partial charge on any atom is 0.330 e. The number of carbonyl (C=O) groups is 2. The Hall–Kier alpha value is -1.72. The number of hydrogen-bond acceptors (Lipinski definition) is 5. The van der Waals surface area contributed by atoms with E-state index in [9.17, 15) is 9.59 Å². The Morgan fingerprint density at radius 2 is 1.67 bits per heavy atom. The average Bonchev–Trinajstić information content (AvgIpc) is 2.38. The fourth-order valence-corrected chi connectivity index (χ4v) is 1.37. The molecule has 1 aromatic carbocycles. The molecule has 0 amide bonds. The van der Waals surface area contributed by atoms with Crippen LogP contribution in [0, 0.1) is 0 Å². The molecule has 0 aliphatic carbocycles.